The third-order valence-corrected chi connectivity index (χ3v) is 4.22. The number of nitrogens with zero attached hydrogens (tertiary/aromatic N) is 1. The van der Waals surface area contributed by atoms with Gasteiger partial charge in [0.15, 0.2) is 0 Å². The van der Waals surface area contributed by atoms with Crippen molar-refractivity contribution in [2.24, 2.45) is 0 Å². The number of carboxylic acids is 1. The van der Waals surface area contributed by atoms with E-state index in [0.29, 0.717) is 25.1 Å². The van der Waals surface area contributed by atoms with Gasteiger partial charge in [-0.3, -0.25) is 4.79 Å². The van der Waals surface area contributed by atoms with E-state index in [0.717, 1.165) is 16.7 Å². The maximum absolute atomic E-state index is 12.6. The van der Waals surface area contributed by atoms with Crippen molar-refractivity contribution in [2.75, 3.05) is 6.54 Å². The Balaban J connectivity index is 1.87. The molecule has 0 bridgehead atoms. The first-order valence-corrected chi connectivity index (χ1v) is 7.32. The second kappa shape index (κ2) is 5.67. The number of nitrogens with one attached hydrogen (secondary N) is 1. The van der Waals surface area contributed by atoms with Gasteiger partial charge in [-0.2, -0.15) is 0 Å². The Morgan fingerprint density at radius 1 is 1.36 bits per heavy atom. The molecule has 2 heterocycles. The van der Waals surface area contributed by atoms with Gasteiger partial charge >= 0.3 is 5.97 Å². The number of hydrogen-bond donors (Lipinski definition) is 2. The standard InChI is InChI=1S/C17H18N2O3/c1-11-10-18-15-13(11)7-8-19(16(15)20)14(17(21)22)9-12-5-3-2-4-6-12/h2-6,10,14,18H,7-9H2,1H3,(H,21,22)/t14-/m0/s1. The number of fused-ring (bicyclic) bond motifs is 1. The summed E-state index contributed by atoms with van der Waals surface area (Å²) < 4.78 is 0. The number of H-pyrrole nitrogens is 1. The molecule has 5 nitrogen and oxygen atoms in total. The van der Waals surface area contributed by atoms with Crippen molar-refractivity contribution < 1.29 is 14.7 Å². The zero-order chi connectivity index (χ0) is 15.7. The number of aryl methyl sites for hydroxylation is 1. The summed E-state index contributed by atoms with van der Waals surface area (Å²) in [5.74, 6) is -1.19. The Labute approximate surface area is 128 Å². The van der Waals surface area contributed by atoms with Crippen LogP contribution in [0, 0.1) is 6.92 Å². The molecule has 3 rings (SSSR count). The molecule has 2 aromatic rings. The van der Waals surface area contributed by atoms with E-state index in [1.807, 2.05) is 37.3 Å². The van der Waals surface area contributed by atoms with Crippen molar-refractivity contribution in [1.29, 1.82) is 0 Å². The molecule has 0 saturated carbocycles. The third-order valence-electron chi connectivity index (χ3n) is 4.22. The summed E-state index contributed by atoms with van der Waals surface area (Å²) >= 11 is 0. The average molecular weight is 298 g/mol. The number of aliphatic carboxylic acids is 1. The topological polar surface area (TPSA) is 73.4 Å². The second-order valence-corrected chi connectivity index (χ2v) is 5.62. The van der Waals surface area contributed by atoms with Gasteiger partial charge in [0.1, 0.15) is 11.7 Å². The molecule has 0 unspecified atom stereocenters. The van der Waals surface area contributed by atoms with Crippen LogP contribution in [0.4, 0.5) is 0 Å². The van der Waals surface area contributed by atoms with E-state index in [1.54, 1.807) is 6.20 Å². The molecule has 1 aromatic carbocycles. The van der Waals surface area contributed by atoms with Crippen molar-refractivity contribution in [2.45, 2.75) is 25.8 Å². The summed E-state index contributed by atoms with van der Waals surface area (Å²) in [4.78, 5) is 28.7. The number of carbonyl (C=O) groups excluding carboxylic acids is 1. The van der Waals surface area contributed by atoms with E-state index < -0.39 is 12.0 Å². The quantitative estimate of drug-likeness (QED) is 0.907. The first kappa shape index (κ1) is 14.4. The van der Waals surface area contributed by atoms with Crippen molar-refractivity contribution in [3.63, 3.8) is 0 Å². The maximum atomic E-state index is 12.6. The lowest BCUT2D eigenvalue weighted by atomic mass is 9.98. The Kier molecular flexibility index (Phi) is 3.71. The molecule has 0 spiro atoms. The second-order valence-electron chi connectivity index (χ2n) is 5.62. The van der Waals surface area contributed by atoms with E-state index in [4.69, 9.17) is 0 Å². The Morgan fingerprint density at radius 3 is 2.77 bits per heavy atom. The van der Waals surface area contributed by atoms with Crippen LogP contribution >= 0.6 is 0 Å². The van der Waals surface area contributed by atoms with E-state index in [9.17, 15) is 14.7 Å². The van der Waals surface area contributed by atoms with Crippen molar-refractivity contribution in [3.8, 4) is 0 Å². The minimum Gasteiger partial charge on any atom is -0.480 e. The Hall–Kier alpha value is -2.56. The lowest BCUT2D eigenvalue weighted by molar-refractivity contribution is -0.142. The third kappa shape index (κ3) is 2.50. The van der Waals surface area contributed by atoms with E-state index in [2.05, 4.69) is 4.98 Å². The summed E-state index contributed by atoms with van der Waals surface area (Å²) in [6.45, 7) is 2.39. The molecule has 0 fully saturated rings. The SMILES string of the molecule is Cc1c[nH]c2c1CCN([C@@H](Cc1ccccc1)C(=O)O)C2=O. The van der Waals surface area contributed by atoms with Gasteiger partial charge in [-0.05, 0) is 30.0 Å². The van der Waals surface area contributed by atoms with Crippen LogP contribution in [-0.2, 0) is 17.6 Å². The fourth-order valence-electron chi connectivity index (χ4n) is 3.01. The van der Waals surface area contributed by atoms with Crippen LogP contribution in [0.2, 0.25) is 0 Å². The number of aromatic nitrogens is 1. The average Bonchev–Trinajstić information content (AvgIpc) is 2.89. The van der Waals surface area contributed by atoms with Gasteiger partial charge in [-0.15, -0.1) is 0 Å². The van der Waals surface area contributed by atoms with E-state index >= 15 is 0 Å². The zero-order valence-corrected chi connectivity index (χ0v) is 12.4. The van der Waals surface area contributed by atoms with Crippen molar-refractivity contribution in [3.05, 3.63) is 58.9 Å². The first-order valence-electron chi connectivity index (χ1n) is 7.32. The number of benzene rings is 1. The number of hydrogen-bond acceptors (Lipinski definition) is 2. The summed E-state index contributed by atoms with van der Waals surface area (Å²) in [6.07, 6.45) is 2.81. The highest BCUT2D eigenvalue weighted by Crippen LogP contribution is 2.24. The summed E-state index contributed by atoms with van der Waals surface area (Å²) in [6, 6.07) is 8.56. The molecule has 1 aromatic heterocycles. The zero-order valence-electron chi connectivity index (χ0n) is 12.4. The van der Waals surface area contributed by atoms with Gasteiger partial charge in [0.2, 0.25) is 0 Å². The fraction of sp³-hybridized carbons (Fsp3) is 0.294. The molecule has 1 aliphatic heterocycles. The molecule has 0 saturated heterocycles. The fourth-order valence-corrected chi connectivity index (χ4v) is 3.01. The number of aromatic amines is 1. The number of carbonyl (C=O) groups is 2. The number of rotatable bonds is 4. The normalized spacial score (nSPS) is 15.5. The maximum Gasteiger partial charge on any atom is 0.326 e. The molecule has 1 amide bonds. The molecule has 0 radical (unpaired) electrons. The molecular weight excluding hydrogens is 280 g/mol. The largest absolute Gasteiger partial charge is 0.480 e. The molecule has 5 heteroatoms. The van der Waals surface area contributed by atoms with Crippen LogP contribution in [-0.4, -0.2) is 39.5 Å². The number of amides is 1. The van der Waals surface area contributed by atoms with Crippen LogP contribution in [0.1, 0.15) is 27.2 Å². The molecule has 1 aliphatic rings. The highest BCUT2D eigenvalue weighted by atomic mass is 16.4. The van der Waals surface area contributed by atoms with Crippen LogP contribution in [0.25, 0.3) is 0 Å². The predicted octanol–water partition coefficient (Wildman–Crippen LogP) is 2.02. The molecule has 114 valence electrons. The molecule has 2 N–H and O–H groups in total. The predicted molar refractivity (Wildman–Crippen MR) is 81.8 cm³/mol. The van der Waals surface area contributed by atoms with Gasteiger partial charge in [-0.1, -0.05) is 30.3 Å². The van der Waals surface area contributed by atoms with Crippen molar-refractivity contribution in [1.82, 2.24) is 9.88 Å². The van der Waals surface area contributed by atoms with Gasteiger partial charge in [0.25, 0.3) is 5.91 Å². The van der Waals surface area contributed by atoms with Crippen LogP contribution in [0.15, 0.2) is 36.5 Å². The van der Waals surface area contributed by atoms with Gasteiger partial charge in [0.05, 0.1) is 0 Å². The van der Waals surface area contributed by atoms with Crippen LogP contribution < -0.4 is 0 Å². The number of carboxylic acid groups (broad SMARTS) is 1. The van der Waals surface area contributed by atoms with Gasteiger partial charge < -0.3 is 15.0 Å². The Bertz CT molecular complexity index is 706. The van der Waals surface area contributed by atoms with E-state index in [1.165, 1.54) is 4.90 Å². The highest BCUT2D eigenvalue weighted by Gasteiger charge is 2.35. The monoisotopic (exact) mass is 298 g/mol. The van der Waals surface area contributed by atoms with Crippen LogP contribution in [0.5, 0.6) is 0 Å². The highest BCUT2D eigenvalue weighted by molar-refractivity contribution is 5.97. The minimum absolute atomic E-state index is 0.224. The lowest BCUT2D eigenvalue weighted by Gasteiger charge is -2.32. The molecule has 1 atom stereocenters. The summed E-state index contributed by atoms with van der Waals surface area (Å²) in [5.41, 5.74) is 3.50. The minimum atomic E-state index is -0.969. The molecule has 0 aliphatic carbocycles. The summed E-state index contributed by atoms with van der Waals surface area (Å²) in [7, 11) is 0. The molecule has 22 heavy (non-hydrogen) atoms. The van der Waals surface area contributed by atoms with Gasteiger partial charge in [-0.25, -0.2) is 4.79 Å². The molecular formula is C17H18N2O3. The van der Waals surface area contributed by atoms with E-state index in [-0.39, 0.29) is 5.91 Å². The van der Waals surface area contributed by atoms with Crippen molar-refractivity contribution >= 4 is 11.9 Å². The lowest BCUT2D eigenvalue weighted by Crippen LogP contribution is -2.49. The van der Waals surface area contributed by atoms with Crippen LogP contribution in [0.3, 0.4) is 0 Å². The Morgan fingerprint density at radius 2 is 2.09 bits per heavy atom. The first-order chi connectivity index (χ1) is 10.6. The van der Waals surface area contributed by atoms with Gasteiger partial charge in [0, 0.05) is 19.2 Å². The smallest absolute Gasteiger partial charge is 0.326 e. The summed E-state index contributed by atoms with van der Waals surface area (Å²) in [5, 5.41) is 9.55.